The number of nitrogens with zero attached hydrogens (tertiary/aromatic N) is 2. The van der Waals surface area contributed by atoms with Crippen LogP contribution in [-0.4, -0.2) is 55.9 Å². The van der Waals surface area contributed by atoms with Gasteiger partial charge < -0.3 is 19.8 Å². The number of rotatable bonds is 6. The summed E-state index contributed by atoms with van der Waals surface area (Å²) in [5, 5.41) is 6.20. The van der Waals surface area contributed by atoms with Crippen LogP contribution in [-0.2, 0) is 20.9 Å². The Bertz CT molecular complexity index is 904. The molecule has 2 bridgehead atoms. The third-order valence-corrected chi connectivity index (χ3v) is 6.22. The summed E-state index contributed by atoms with van der Waals surface area (Å²) in [7, 11) is 2.95. The molecule has 1 saturated heterocycles. The van der Waals surface area contributed by atoms with Crippen LogP contribution < -0.4 is 10.6 Å². The molecule has 0 aromatic carbocycles. The predicted octanol–water partition coefficient (Wildman–Crippen LogP) is 0.847. The number of ether oxygens (including phenoxy) is 1. The molecule has 0 radical (unpaired) electrons. The van der Waals surface area contributed by atoms with E-state index in [-0.39, 0.29) is 35.5 Å². The van der Waals surface area contributed by atoms with Gasteiger partial charge in [0, 0.05) is 20.1 Å². The van der Waals surface area contributed by atoms with Crippen molar-refractivity contribution >= 4 is 23.7 Å². The van der Waals surface area contributed by atoms with Gasteiger partial charge in [0.05, 0.1) is 25.5 Å². The number of guanidine groups is 1. The zero-order valence-corrected chi connectivity index (χ0v) is 17.3. The first kappa shape index (κ1) is 20.2. The fourth-order valence-electron chi connectivity index (χ4n) is 4.81. The summed E-state index contributed by atoms with van der Waals surface area (Å²) in [5.41, 5.74) is 0.386. The molecular weight excluding hydrogens is 388 g/mol. The van der Waals surface area contributed by atoms with Gasteiger partial charge in [-0.1, -0.05) is 12.2 Å². The topological polar surface area (TPSA) is 113 Å². The smallest absolute Gasteiger partial charge is 0.341 e. The molecule has 4 atom stereocenters. The number of esters is 1. The molecule has 30 heavy (non-hydrogen) atoms. The third kappa shape index (κ3) is 3.38. The van der Waals surface area contributed by atoms with Gasteiger partial charge in [0.25, 0.3) is 0 Å². The maximum Gasteiger partial charge on any atom is 0.341 e. The third-order valence-electron chi connectivity index (χ3n) is 6.22. The SMILES string of the molecule is CN=C(NCCN1C(=O)C2C3C=CC(C3)C2C1=O)NCc1cc(C(=O)OC)c(C)o1. The van der Waals surface area contributed by atoms with Crippen LogP contribution in [0.5, 0.6) is 0 Å². The number of allylic oxidation sites excluding steroid dienone is 2. The fraction of sp³-hybridized carbons (Fsp3) is 0.524. The van der Waals surface area contributed by atoms with E-state index < -0.39 is 5.97 Å². The molecule has 160 valence electrons. The summed E-state index contributed by atoms with van der Waals surface area (Å²) in [6.45, 7) is 2.71. The number of carbonyl (C=O) groups is 3. The minimum absolute atomic E-state index is 0.0482. The Labute approximate surface area is 174 Å². The molecule has 9 nitrogen and oxygen atoms in total. The largest absolute Gasteiger partial charge is 0.465 e. The van der Waals surface area contributed by atoms with Crippen LogP contribution in [0.1, 0.15) is 28.3 Å². The predicted molar refractivity (Wildman–Crippen MR) is 107 cm³/mol. The number of fused-ring (bicyclic) bond motifs is 5. The number of nitrogens with one attached hydrogen (secondary N) is 2. The number of imide groups is 1. The molecule has 9 heteroatoms. The Hall–Kier alpha value is -3.10. The van der Waals surface area contributed by atoms with E-state index in [1.165, 1.54) is 12.0 Å². The Morgan fingerprint density at radius 2 is 1.90 bits per heavy atom. The lowest BCUT2D eigenvalue weighted by atomic mass is 9.85. The quantitative estimate of drug-likeness (QED) is 0.233. The number of amides is 2. The van der Waals surface area contributed by atoms with Crippen LogP contribution in [0.2, 0.25) is 0 Å². The molecule has 2 fully saturated rings. The number of aliphatic imine (C=N–C) groups is 1. The van der Waals surface area contributed by atoms with Gasteiger partial charge in [0.2, 0.25) is 11.8 Å². The molecular formula is C21H26N4O5. The van der Waals surface area contributed by atoms with Gasteiger partial charge in [-0.25, -0.2) is 4.79 Å². The van der Waals surface area contributed by atoms with E-state index in [2.05, 4.69) is 27.8 Å². The van der Waals surface area contributed by atoms with Gasteiger partial charge in [-0.2, -0.15) is 0 Å². The molecule has 4 unspecified atom stereocenters. The van der Waals surface area contributed by atoms with Gasteiger partial charge in [-0.05, 0) is 31.2 Å². The molecule has 2 heterocycles. The number of carbonyl (C=O) groups excluding carboxylic acids is 3. The number of methoxy groups -OCH3 is 1. The minimum Gasteiger partial charge on any atom is -0.465 e. The van der Waals surface area contributed by atoms with Crippen molar-refractivity contribution < 1.29 is 23.5 Å². The number of aryl methyl sites for hydroxylation is 1. The highest BCUT2D eigenvalue weighted by Crippen LogP contribution is 2.52. The molecule has 1 saturated carbocycles. The van der Waals surface area contributed by atoms with Crippen molar-refractivity contribution in [2.24, 2.45) is 28.7 Å². The van der Waals surface area contributed by atoms with Crippen molar-refractivity contribution in [2.75, 3.05) is 27.2 Å². The standard InChI is InChI=1S/C21H26N4O5/c1-11-15(20(28)29-3)9-14(30-11)10-24-21(22-2)23-6-7-25-18(26)16-12-4-5-13(8-12)17(16)19(25)27/h4-5,9,12-13,16-17H,6-8,10H2,1-3H3,(H2,22,23,24). The zero-order valence-electron chi connectivity index (χ0n) is 17.3. The average molecular weight is 414 g/mol. The van der Waals surface area contributed by atoms with Gasteiger partial charge in [-0.15, -0.1) is 0 Å². The van der Waals surface area contributed by atoms with Crippen molar-refractivity contribution in [2.45, 2.75) is 19.9 Å². The van der Waals surface area contributed by atoms with E-state index in [1.807, 2.05) is 0 Å². The zero-order chi connectivity index (χ0) is 21.4. The molecule has 3 aliphatic rings. The average Bonchev–Trinajstić information content (AvgIpc) is 3.49. The molecule has 2 aliphatic carbocycles. The fourth-order valence-corrected chi connectivity index (χ4v) is 4.81. The Morgan fingerprint density at radius 1 is 1.23 bits per heavy atom. The molecule has 1 aromatic rings. The lowest BCUT2D eigenvalue weighted by molar-refractivity contribution is -0.140. The first-order valence-electron chi connectivity index (χ1n) is 10.1. The van der Waals surface area contributed by atoms with Crippen molar-refractivity contribution in [3.8, 4) is 0 Å². The second kappa shape index (κ2) is 7.97. The van der Waals surface area contributed by atoms with Crippen LogP contribution in [0.3, 0.4) is 0 Å². The highest BCUT2D eigenvalue weighted by Gasteiger charge is 2.58. The minimum atomic E-state index is -0.446. The molecule has 2 amide bonds. The lowest BCUT2D eigenvalue weighted by Gasteiger charge is -2.18. The second-order valence-corrected chi connectivity index (χ2v) is 7.85. The maximum absolute atomic E-state index is 12.7. The summed E-state index contributed by atoms with van der Waals surface area (Å²) < 4.78 is 10.3. The Balaban J connectivity index is 1.27. The second-order valence-electron chi connectivity index (χ2n) is 7.85. The van der Waals surface area contributed by atoms with Crippen molar-refractivity contribution in [1.82, 2.24) is 15.5 Å². The highest BCUT2D eigenvalue weighted by atomic mass is 16.5. The van der Waals surface area contributed by atoms with E-state index in [0.717, 1.165) is 6.42 Å². The van der Waals surface area contributed by atoms with Crippen molar-refractivity contribution in [1.29, 1.82) is 0 Å². The van der Waals surface area contributed by atoms with Gasteiger partial charge >= 0.3 is 5.97 Å². The Kier molecular flexibility index (Phi) is 5.36. The van der Waals surface area contributed by atoms with Crippen molar-refractivity contribution in [3.63, 3.8) is 0 Å². The summed E-state index contributed by atoms with van der Waals surface area (Å²) in [5.74, 6) is 1.11. The van der Waals surface area contributed by atoms with Crippen molar-refractivity contribution in [3.05, 3.63) is 35.3 Å². The monoisotopic (exact) mass is 414 g/mol. The first-order chi connectivity index (χ1) is 14.4. The summed E-state index contributed by atoms with van der Waals surface area (Å²) >= 11 is 0. The van der Waals surface area contributed by atoms with E-state index in [1.54, 1.807) is 20.0 Å². The van der Waals surface area contributed by atoms with E-state index >= 15 is 0 Å². The number of hydrogen-bond donors (Lipinski definition) is 2. The first-order valence-corrected chi connectivity index (χ1v) is 10.1. The molecule has 2 N–H and O–H groups in total. The van der Waals surface area contributed by atoms with Crippen LogP contribution in [0.4, 0.5) is 0 Å². The Morgan fingerprint density at radius 3 is 2.50 bits per heavy atom. The molecule has 1 aromatic heterocycles. The normalized spacial score (nSPS) is 27.0. The summed E-state index contributed by atoms with van der Waals surface area (Å²) in [6, 6.07) is 1.63. The van der Waals surface area contributed by atoms with Crippen LogP contribution in [0.15, 0.2) is 27.6 Å². The van der Waals surface area contributed by atoms with Crippen LogP contribution in [0, 0.1) is 30.6 Å². The van der Waals surface area contributed by atoms with Crippen LogP contribution in [0.25, 0.3) is 0 Å². The molecule has 4 rings (SSSR count). The number of hydrogen-bond acceptors (Lipinski definition) is 6. The molecule has 0 spiro atoms. The van der Waals surface area contributed by atoms with E-state index in [0.29, 0.717) is 42.7 Å². The van der Waals surface area contributed by atoms with E-state index in [9.17, 15) is 14.4 Å². The molecule has 1 aliphatic heterocycles. The van der Waals surface area contributed by atoms with E-state index in [4.69, 9.17) is 9.15 Å². The number of furan rings is 1. The lowest BCUT2D eigenvalue weighted by Crippen LogP contribution is -2.43. The highest BCUT2D eigenvalue weighted by molar-refractivity contribution is 6.06. The number of likely N-dealkylation sites (tertiary alicyclic amines) is 1. The maximum atomic E-state index is 12.7. The van der Waals surface area contributed by atoms with Gasteiger partial charge in [-0.3, -0.25) is 19.5 Å². The van der Waals surface area contributed by atoms with Gasteiger partial charge in [0.15, 0.2) is 5.96 Å². The van der Waals surface area contributed by atoms with Gasteiger partial charge in [0.1, 0.15) is 17.1 Å². The van der Waals surface area contributed by atoms with Crippen LogP contribution >= 0.6 is 0 Å². The summed E-state index contributed by atoms with van der Waals surface area (Å²) in [6.07, 6.45) is 5.11. The summed E-state index contributed by atoms with van der Waals surface area (Å²) in [4.78, 5) is 42.6.